The molecule has 0 spiro atoms. The summed E-state index contributed by atoms with van der Waals surface area (Å²) in [5.74, 6) is -0.472. The first-order valence-electron chi connectivity index (χ1n) is 11.8. The predicted molar refractivity (Wildman–Crippen MR) is 133 cm³/mol. The van der Waals surface area contributed by atoms with Gasteiger partial charge in [0.15, 0.2) is 6.29 Å². The van der Waals surface area contributed by atoms with Crippen molar-refractivity contribution in [1.29, 1.82) is 0 Å². The lowest BCUT2D eigenvalue weighted by Gasteiger charge is -2.47. The summed E-state index contributed by atoms with van der Waals surface area (Å²) in [6.07, 6.45) is -5.60. The molecule has 0 saturated carbocycles. The molecule has 10 nitrogen and oxygen atoms in total. The molecule has 2 fully saturated rings. The van der Waals surface area contributed by atoms with Gasteiger partial charge in [-0.2, -0.15) is 0 Å². The molecule has 2 heterocycles. The summed E-state index contributed by atoms with van der Waals surface area (Å²) in [6.45, 7) is 1.32. The second-order valence-corrected chi connectivity index (χ2v) is 10.2. The molecule has 4 rings (SSSR count). The Morgan fingerprint density at radius 2 is 1.84 bits per heavy atom. The van der Waals surface area contributed by atoms with Gasteiger partial charge in [-0.15, -0.1) is 0 Å². The number of thioether (sulfide) groups is 1. The Labute approximate surface area is 219 Å². The van der Waals surface area contributed by atoms with Gasteiger partial charge in [0.2, 0.25) is 10.8 Å². The Hall–Kier alpha value is -2.67. The van der Waals surface area contributed by atoms with Gasteiger partial charge in [0.25, 0.3) is 0 Å². The molecule has 200 valence electrons. The van der Waals surface area contributed by atoms with Crippen molar-refractivity contribution in [2.45, 2.75) is 59.9 Å². The lowest BCUT2D eigenvalue weighted by Crippen LogP contribution is -2.66. The summed E-state index contributed by atoms with van der Waals surface area (Å²) in [5.41, 5.74) is 0.724. The van der Waals surface area contributed by atoms with Gasteiger partial charge in [-0.05, 0) is 24.3 Å². The highest BCUT2D eigenvalue weighted by Gasteiger charge is 2.56. The van der Waals surface area contributed by atoms with E-state index in [0.717, 1.165) is 17.3 Å². The minimum atomic E-state index is -1.68. The lowest BCUT2D eigenvalue weighted by atomic mass is 9.89. The van der Waals surface area contributed by atoms with Crippen LogP contribution < -0.4 is 10.1 Å². The van der Waals surface area contributed by atoms with E-state index in [1.807, 2.05) is 18.2 Å². The minimum absolute atomic E-state index is 0.0255. The van der Waals surface area contributed by atoms with E-state index in [0.29, 0.717) is 10.6 Å². The number of rotatable bonds is 8. The number of nitrogens with one attached hydrogen (secondary N) is 1. The van der Waals surface area contributed by atoms with E-state index in [-0.39, 0.29) is 13.0 Å². The third kappa shape index (κ3) is 6.08. The van der Waals surface area contributed by atoms with Crippen molar-refractivity contribution >= 4 is 23.6 Å². The van der Waals surface area contributed by atoms with E-state index >= 15 is 0 Å². The summed E-state index contributed by atoms with van der Waals surface area (Å²) in [7, 11) is 2.79. The molecule has 11 heteroatoms. The van der Waals surface area contributed by atoms with Crippen LogP contribution in [0.2, 0.25) is 0 Å². The zero-order valence-electron chi connectivity index (χ0n) is 20.7. The van der Waals surface area contributed by atoms with Gasteiger partial charge in [0, 0.05) is 23.8 Å². The summed E-state index contributed by atoms with van der Waals surface area (Å²) in [5, 5.41) is 25.2. The smallest absolute Gasteiger partial charge is 0.349 e. The number of carbonyl (C=O) groups is 2. The van der Waals surface area contributed by atoms with E-state index < -0.39 is 53.6 Å². The fraction of sp³-hybridized carbons (Fsp3) is 0.462. The van der Waals surface area contributed by atoms with Gasteiger partial charge < -0.3 is 39.2 Å². The van der Waals surface area contributed by atoms with Crippen LogP contribution in [0.5, 0.6) is 5.75 Å². The monoisotopic (exact) mass is 533 g/mol. The Balaban J connectivity index is 1.59. The molecular formula is C26H31NO9S. The van der Waals surface area contributed by atoms with Gasteiger partial charge in [0.05, 0.1) is 33.0 Å². The summed E-state index contributed by atoms with van der Waals surface area (Å²) < 4.78 is 28.3. The van der Waals surface area contributed by atoms with Crippen molar-refractivity contribution in [1.82, 2.24) is 5.32 Å². The molecule has 2 aliphatic heterocycles. The SMILES string of the molecule is COC(=O)[C@@]1(Sc2ccccc2)C[C@H](O)[C@@H](NC(C)=O)[C@H]([C@H](O)[C@H]2COC(c3ccc(OC)cc3)O2)O1. The molecule has 0 radical (unpaired) electrons. The molecule has 0 aliphatic carbocycles. The highest BCUT2D eigenvalue weighted by atomic mass is 32.2. The summed E-state index contributed by atoms with van der Waals surface area (Å²) in [4.78, 5) is 24.0. The van der Waals surface area contributed by atoms with Crippen LogP contribution in [0.25, 0.3) is 0 Å². The molecule has 2 aromatic rings. The topological polar surface area (TPSA) is 133 Å². The maximum Gasteiger partial charge on any atom is 0.349 e. The number of hydrogen-bond donors (Lipinski definition) is 3. The summed E-state index contributed by atoms with van der Waals surface area (Å²) >= 11 is 1.07. The van der Waals surface area contributed by atoms with E-state index in [1.165, 1.54) is 14.0 Å². The molecule has 0 bridgehead atoms. The van der Waals surface area contributed by atoms with Gasteiger partial charge in [-0.25, -0.2) is 4.79 Å². The predicted octanol–water partition coefficient (Wildman–Crippen LogP) is 1.79. The standard InChI is InChI=1S/C26H31NO9S/c1-15(28)27-21-19(29)13-26(25(31)33-3,37-18-7-5-4-6-8-18)36-23(21)22(30)20-14-34-24(35-20)16-9-11-17(32-2)12-10-16/h4-12,19-24,29-30H,13-14H2,1-3H3,(H,27,28)/t19-,20+,21+,22+,23+,24?,26-/m0/s1. The molecule has 1 unspecified atom stereocenters. The van der Waals surface area contributed by atoms with Crippen LogP contribution in [-0.4, -0.2) is 78.3 Å². The molecule has 1 amide bonds. The molecule has 7 atom stereocenters. The zero-order valence-corrected chi connectivity index (χ0v) is 21.6. The Kier molecular flexibility index (Phi) is 8.73. The average molecular weight is 534 g/mol. The number of benzene rings is 2. The highest BCUT2D eigenvalue weighted by Crippen LogP contribution is 2.45. The number of aliphatic hydroxyl groups excluding tert-OH is 2. The molecule has 2 saturated heterocycles. The number of aliphatic hydroxyl groups is 2. The maximum absolute atomic E-state index is 13.0. The minimum Gasteiger partial charge on any atom is -0.497 e. The number of methoxy groups -OCH3 is 2. The largest absolute Gasteiger partial charge is 0.497 e. The number of amides is 1. The van der Waals surface area contributed by atoms with Crippen molar-refractivity contribution in [2.24, 2.45) is 0 Å². The molecule has 2 aromatic carbocycles. The van der Waals surface area contributed by atoms with Gasteiger partial charge in [0.1, 0.15) is 24.1 Å². The van der Waals surface area contributed by atoms with Gasteiger partial charge in [-0.3, -0.25) is 4.79 Å². The Bertz CT molecular complexity index is 1070. The second kappa shape index (κ2) is 11.8. The van der Waals surface area contributed by atoms with Crippen LogP contribution >= 0.6 is 11.8 Å². The van der Waals surface area contributed by atoms with Crippen molar-refractivity contribution in [2.75, 3.05) is 20.8 Å². The third-order valence-electron chi connectivity index (χ3n) is 6.28. The van der Waals surface area contributed by atoms with Crippen LogP contribution in [0.15, 0.2) is 59.5 Å². The first-order valence-corrected chi connectivity index (χ1v) is 12.6. The van der Waals surface area contributed by atoms with Crippen LogP contribution in [0.1, 0.15) is 25.2 Å². The Morgan fingerprint density at radius 3 is 2.46 bits per heavy atom. The highest BCUT2D eigenvalue weighted by molar-refractivity contribution is 8.01. The van der Waals surface area contributed by atoms with Crippen LogP contribution in [0.3, 0.4) is 0 Å². The average Bonchev–Trinajstić information content (AvgIpc) is 3.40. The molecular weight excluding hydrogens is 502 g/mol. The van der Waals surface area contributed by atoms with E-state index in [4.69, 9.17) is 23.7 Å². The maximum atomic E-state index is 13.0. The molecule has 37 heavy (non-hydrogen) atoms. The van der Waals surface area contributed by atoms with E-state index in [1.54, 1.807) is 43.5 Å². The van der Waals surface area contributed by atoms with Crippen molar-refractivity contribution in [3.8, 4) is 5.75 Å². The van der Waals surface area contributed by atoms with Crippen molar-refractivity contribution in [3.05, 3.63) is 60.2 Å². The first-order chi connectivity index (χ1) is 17.8. The first kappa shape index (κ1) is 27.4. The van der Waals surface area contributed by atoms with Crippen LogP contribution in [0, 0.1) is 0 Å². The number of ether oxygens (including phenoxy) is 5. The van der Waals surface area contributed by atoms with Crippen molar-refractivity contribution < 1.29 is 43.5 Å². The number of esters is 1. The lowest BCUT2D eigenvalue weighted by molar-refractivity contribution is -0.207. The fourth-order valence-corrected chi connectivity index (χ4v) is 5.73. The summed E-state index contributed by atoms with van der Waals surface area (Å²) in [6, 6.07) is 15.1. The van der Waals surface area contributed by atoms with Crippen molar-refractivity contribution in [3.63, 3.8) is 0 Å². The number of hydrogen-bond acceptors (Lipinski definition) is 10. The zero-order chi connectivity index (χ0) is 26.6. The van der Waals surface area contributed by atoms with E-state index in [2.05, 4.69) is 5.32 Å². The molecule has 2 aliphatic rings. The fourth-order valence-electron chi connectivity index (χ4n) is 4.48. The van der Waals surface area contributed by atoms with Gasteiger partial charge in [-0.1, -0.05) is 42.1 Å². The third-order valence-corrected chi connectivity index (χ3v) is 7.55. The van der Waals surface area contributed by atoms with Crippen LogP contribution in [0.4, 0.5) is 0 Å². The van der Waals surface area contributed by atoms with Gasteiger partial charge >= 0.3 is 5.97 Å². The Morgan fingerprint density at radius 1 is 1.14 bits per heavy atom. The van der Waals surface area contributed by atoms with Crippen LogP contribution in [-0.2, 0) is 28.5 Å². The molecule has 3 N–H and O–H groups in total. The molecule has 0 aromatic heterocycles. The normalized spacial score (nSPS) is 30.4. The quantitative estimate of drug-likeness (QED) is 0.431. The second-order valence-electron chi connectivity index (χ2n) is 8.84. The van der Waals surface area contributed by atoms with E-state index in [9.17, 15) is 19.8 Å². The number of carbonyl (C=O) groups excluding carboxylic acids is 2.